The van der Waals surface area contributed by atoms with Crippen LogP contribution in [0.15, 0.2) is 90.0 Å². The van der Waals surface area contributed by atoms with E-state index in [4.69, 9.17) is 0 Å². The first kappa shape index (κ1) is 16.5. The molecule has 4 aromatic carbocycles. The van der Waals surface area contributed by atoms with Crippen LogP contribution in [0.3, 0.4) is 0 Å². The normalized spacial score (nSPS) is 15.1. The Balaban J connectivity index is 1.56. The van der Waals surface area contributed by atoms with Crippen LogP contribution in [0.2, 0.25) is 0 Å². The fourth-order valence-electron chi connectivity index (χ4n) is 4.71. The standard InChI is InChI=1S/C28H21N/c1-2-18-29-26(9-1)20-12-10-19(11-13-20)24-16-14-23-8-4-6-21-5-3-7-22-15-17-25(24)28(23)27(21)22/h1,3-7,9-17H,2,8,18H2. The number of dihydropyridines is 1. The Morgan fingerprint density at radius 3 is 2.45 bits per heavy atom. The Morgan fingerprint density at radius 1 is 0.690 bits per heavy atom. The Kier molecular flexibility index (Phi) is 3.73. The zero-order chi connectivity index (χ0) is 19.2. The highest BCUT2D eigenvalue weighted by Gasteiger charge is 2.14. The molecule has 138 valence electrons. The third-order valence-corrected chi connectivity index (χ3v) is 6.12. The van der Waals surface area contributed by atoms with Gasteiger partial charge in [0.1, 0.15) is 0 Å². The zero-order valence-corrected chi connectivity index (χ0v) is 16.2. The molecule has 0 spiro atoms. The monoisotopic (exact) mass is 371 g/mol. The van der Waals surface area contributed by atoms with Gasteiger partial charge in [-0.05, 0) is 68.3 Å². The molecule has 0 unspecified atom stereocenters. The summed E-state index contributed by atoms with van der Waals surface area (Å²) >= 11 is 0. The van der Waals surface area contributed by atoms with Gasteiger partial charge in [0.2, 0.25) is 0 Å². The fourth-order valence-corrected chi connectivity index (χ4v) is 4.71. The molecule has 0 saturated carbocycles. The minimum absolute atomic E-state index is 0.892. The van der Waals surface area contributed by atoms with Crippen LogP contribution in [0, 0.1) is 0 Å². The van der Waals surface area contributed by atoms with Crippen molar-refractivity contribution < 1.29 is 0 Å². The molecule has 1 nitrogen and oxygen atoms in total. The predicted molar refractivity (Wildman–Crippen MR) is 125 cm³/mol. The topological polar surface area (TPSA) is 12.4 Å². The van der Waals surface area contributed by atoms with Gasteiger partial charge in [0.05, 0.1) is 5.71 Å². The molecule has 0 saturated heterocycles. The van der Waals surface area contributed by atoms with Crippen molar-refractivity contribution in [1.29, 1.82) is 0 Å². The number of allylic oxidation sites excluding steroid dienone is 2. The van der Waals surface area contributed by atoms with Gasteiger partial charge in [0.25, 0.3) is 0 Å². The van der Waals surface area contributed by atoms with E-state index in [-0.39, 0.29) is 0 Å². The molecule has 0 amide bonds. The summed E-state index contributed by atoms with van der Waals surface area (Å²) in [6.45, 7) is 0.892. The summed E-state index contributed by atoms with van der Waals surface area (Å²) in [4.78, 5) is 4.65. The molecule has 0 fully saturated rings. The highest BCUT2D eigenvalue weighted by molar-refractivity contribution is 6.17. The van der Waals surface area contributed by atoms with Gasteiger partial charge in [-0.3, -0.25) is 4.99 Å². The average molecular weight is 371 g/mol. The van der Waals surface area contributed by atoms with Crippen molar-refractivity contribution in [3.05, 3.63) is 102 Å². The second kappa shape index (κ2) is 6.56. The van der Waals surface area contributed by atoms with Crippen molar-refractivity contribution in [3.63, 3.8) is 0 Å². The predicted octanol–water partition coefficient (Wildman–Crippen LogP) is 6.98. The van der Waals surface area contributed by atoms with Crippen LogP contribution < -0.4 is 0 Å². The largest absolute Gasteiger partial charge is 0.284 e. The molecule has 29 heavy (non-hydrogen) atoms. The zero-order valence-electron chi connectivity index (χ0n) is 16.2. The summed E-state index contributed by atoms with van der Waals surface area (Å²) in [5, 5.41) is 5.45. The summed E-state index contributed by atoms with van der Waals surface area (Å²) in [5.41, 5.74) is 7.58. The quantitative estimate of drug-likeness (QED) is 0.337. The molecule has 6 rings (SSSR count). The number of rotatable bonds is 2. The van der Waals surface area contributed by atoms with Crippen molar-refractivity contribution in [2.75, 3.05) is 6.54 Å². The van der Waals surface area contributed by atoms with Gasteiger partial charge in [-0.2, -0.15) is 0 Å². The van der Waals surface area contributed by atoms with Gasteiger partial charge in [0.15, 0.2) is 0 Å². The Hall–Kier alpha value is -3.45. The Labute approximate surface area is 170 Å². The van der Waals surface area contributed by atoms with Gasteiger partial charge in [-0.25, -0.2) is 0 Å². The molecular weight excluding hydrogens is 350 g/mol. The lowest BCUT2D eigenvalue weighted by Gasteiger charge is -2.14. The molecule has 0 radical (unpaired) electrons. The van der Waals surface area contributed by atoms with E-state index < -0.39 is 0 Å². The maximum absolute atomic E-state index is 4.65. The first-order valence-corrected chi connectivity index (χ1v) is 10.3. The second-order valence-corrected chi connectivity index (χ2v) is 7.85. The lowest BCUT2D eigenvalue weighted by atomic mass is 9.90. The molecule has 0 aromatic heterocycles. The van der Waals surface area contributed by atoms with Gasteiger partial charge >= 0.3 is 0 Å². The van der Waals surface area contributed by atoms with E-state index in [1.807, 2.05) is 0 Å². The van der Waals surface area contributed by atoms with Crippen molar-refractivity contribution in [3.8, 4) is 11.1 Å². The number of benzene rings is 4. The minimum atomic E-state index is 0.892. The molecular formula is C28H21N. The van der Waals surface area contributed by atoms with E-state index >= 15 is 0 Å². The summed E-state index contributed by atoms with van der Waals surface area (Å²) in [6.07, 6.45) is 10.9. The molecule has 1 aliphatic carbocycles. The molecule has 0 bridgehead atoms. The van der Waals surface area contributed by atoms with Crippen molar-refractivity contribution in [2.24, 2.45) is 4.99 Å². The van der Waals surface area contributed by atoms with Crippen molar-refractivity contribution in [1.82, 2.24) is 0 Å². The molecule has 1 heterocycles. The lowest BCUT2D eigenvalue weighted by Crippen LogP contribution is -2.02. The summed E-state index contributed by atoms with van der Waals surface area (Å²) in [7, 11) is 0. The smallest absolute Gasteiger partial charge is 0.0643 e. The van der Waals surface area contributed by atoms with Crippen LogP contribution in [-0.4, -0.2) is 12.3 Å². The maximum Gasteiger partial charge on any atom is 0.0643 e. The van der Waals surface area contributed by atoms with Crippen LogP contribution >= 0.6 is 0 Å². The third-order valence-electron chi connectivity index (χ3n) is 6.12. The number of hydrogen-bond acceptors (Lipinski definition) is 1. The van der Waals surface area contributed by atoms with Gasteiger partial charge in [-0.15, -0.1) is 0 Å². The van der Waals surface area contributed by atoms with Crippen LogP contribution in [0.5, 0.6) is 0 Å². The summed E-state index contributed by atoms with van der Waals surface area (Å²) in [6, 6.07) is 24.7. The van der Waals surface area contributed by atoms with Crippen LogP contribution in [-0.2, 0) is 6.42 Å². The van der Waals surface area contributed by atoms with E-state index in [2.05, 4.69) is 96.0 Å². The first-order valence-electron chi connectivity index (χ1n) is 10.3. The molecule has 4 aromatic rings. The molecule has 0 N–H and O–H groups in total. The number of hydrogen-bond donors (Lipinski definition) is 0. The van der Waals surface area contributed by atoms with E-state index in [9.17, 15) is 0 Å². The molecule has 2 aliphatic rings. The molecule has 1 heteroatoms. The SMILES string of the molecule is C1=CC(c2ccc(-c3ccc4c5c3ccc3cccc(c35)C=CC4)cc2)=NCC1. The van der Waals surface area contributed by atoms with E-state index in [1.54, 1.807) is 0 Å². The fraction of sp³-hybridized carbons (Fsp3) is 0.107. The third kappa shape index (κ3) is 2.66. The van der Waals surface area contributed by atoms with Crippen molar-refractivity contribution >= 4 is 33.3 Å². The van der Waals surface area contributed by atoms with E-state index in [1.165, 1.54) is 49.4 Å². The van der Waals surface area contributed by atoms with E-state index in [0.717, 1.165) is 25.1 Å². The van der Waals surface area contributed by atoms with Crippen LogP contribution in [0.4, 0.5) is 0 Å². The first-order chi connectivity index (χ1) is 14.4. The average Bonchev–Trinajstić information content (AvgIpc) is 2.99. The lowest BCUT2D eigenvalue weighted by molar-refractivity contribution is 0.994. The summed E-state index contributed by atoms with van der Waals surface area (Å²) in [5.74, 6) is 0. The number of nitrogens with zero attached hydrogens (tertiary/aromatic N) is 1. The van der Waals surface area contributed by atoms with Crippen LogP contribution in [0.25, 0.3) is 38.7 Å². The molecule has 0 atom stereocenters. The highest BCUT2D eigenvalue weighted by atomic mass is 14.7. The second-order valence-electron chi connectivity index (χ2n) is 7.85. The Bertz CT molecular complexity index is 1350. The summed E-state index contributed by atoms with van der Waals surface area (Å²) < 4.78 is 0. The maximum atomic E-state index is 4.65. The highest BCUT2D eigenvalue weighted by Crippen LogP contribution is 2.39. The van der Waals surface area contributed by atoms with Gasteiger partial charge in [-0.1, -0.05) is 85.0 Å². The number of aliphatic imine (C=N–C) groups is 1. The van der Waals surface area contributed by atoms with E-state index in [0.29, 0.717) is 0 Å². The van der Waals surface area contributed by atoms with Gasteiger partial charge in [0, 0.05) is 6.54 Å². The van der Waals surface area contributed by atoms with Crippen LogP contribution in [0.1, 0.15) is 23.1 Å². The van der Waals surface area contributed by atoms with Gasteiger partial charge < -0.3 is 0 Å². The van der Waals surface area contributed by atoms with Crippen molar-refractivity contribution in [2.45, 2.75) is 12.8 Å². The molecule has 1 aliphatic heterocycles. The minimum Gasteiger partial charge on any atom is -0.284 e. The Morgan fingerprint density at radius 2 is 1.59 bits per heavy atom.